The van der Waals surface area contributed by atoms with E-state index in [4.69, 9.17) is 17.3 Å². The Morgan fingerprint density at radius 2 is 2.24 bits per heavy atom. The average molecular weight is 307 g/mol. The van der Waals surface area contributed by atoms with Crippen LogP contribution in [0.4, 0.5) is 0 Å². The number of carbonyl (C=O) groups excluding carboxylic acids is 1. The number of nitrogens with two attached hydrogens (primary N) is 1. The van der Waals surface area contributed by atoms with Crippen LogP contribution in [0.3, 0.4) is 0 Å². The highest BCUT2D eigenvalue weighted by atomic mass is 35.5. The minimum absolute atomic E-state index is 0.0534. The van der Waals surface area contributed by atoms with E-state index in [-0.39, 0.29) is 18.0 Å². The van der Waals surface area contributed by atoms with Crippen LogP contribution in [0.2, 0.25) is 5.02 Å². The Kier molecular flexibility index (Phi) is 4.23. The van der Waals surface area contributed by atoms with Gasteiger partial charge in [0.1, 0.15) is 0 Å². The fourth-order valence-electron chi connectivity index (χ4n) is 3.56. The smallest absolute Gasteiger partial charge is 0.226 e. The van der Waals surface area contributed by atoms with Crippen LogP contribution in [0.1, 0.15) is 44.1 Å². The van der Waals surface area contributed by atoms with E-state index in [1.54, 1.807) is 0 Å². The zero-order chi connectivity index (χ0) is 15.0. The first-order valence-electron chi connectivity index (χ1n) is 7.89. The normalized spacial score (nSPS) is 30.0. The van der Waals surface area contributed by atoms with Gasteiger partial charge in [-0.05, 0) is 56.2 Å². The lowest BCUT2D eigenvalue weighted by Crippen LogP contribution is -2.52. The zero-order valence-corrected chi connectivity index (χ0v) is 13.2. The second kappa shape index (κ2) is 5.98. The van der Waals surface area contributed by atoms with E-state index < -0.39 is 0 Å². The van der Waals surface area contributed by atoms with Crippen LogP contribution in [0, 0.1) is 5.92 Å². The lowest BCUT2D eigenvalue weighted by Gasteiger charge is -2.38. The summed E-state index contributed by atoms with van der Waals surface area (Å²) in [5.41, 5.74) is 7.26. The third-order valence-electron chi connectivity index (χ3n) is 4.82. The number of piperidine rings is 1. The summed E-state index contributed by atoms with van der Waals surface area (Å²) in [7, 11) is 0. The number of rotatable bonds is 3. The van der Waals surface area contributed by atoms with Crippen molar-refractivity contribution in [2.75, 3.05) is 6.54 Å². The first kappa shape index (κ1) is 14.9. The first-order valence-corrected chi connectivity index (χ1v) is 8.27. The lowest BCUT2D eigenvalue weighted by molar-refractivity contribution is -0.136. The largest absolute Gasteiger partial charge is 0.338 e. The Labute approximate surface area is 131 Å². The van der Waals surface area contributed by atoms with E-state index in [0.29, 0.717) is 11.8 Å². The molecule has 2 N–H and O–H groups in total. The molecular weight excluding hydrogens is 284 g/mol. The fourth-order valence-corrected chi connectivity index (χ4v) is 3.76. The molecule has 1 aromatic carbocycles. The minimum Gasteiger partial charge on any atom is -0.338 e. The molecule has 0 bridgehead atoms. The van der Waals surface area contributed by atoms with E-state index in [1.807, 2.05) is 30.0 Å². The molecular formula is C17H23ClN2O. The molecule has 114 valence electrons. The Morgan fingerprint density at radius 1 is 1.43 bits per heavy atom. The van der Waals surface area contributed by atoms with Gasteiger partial charge >= 0.3 is 0 Å². The number of hydrogen-bond acceptors (Lipinski definition) is 2. The van der Waals surface area contributed by atoms with Crippen LogP contribution in [-0.4, -0.2) is 29.4 Å². The van der Waals surface area contributed by atoms with Gasteiger partial charge in [0.05, 0.1) is 0 Å². The molecule has 4 heteroatoms. The van der Waals surface area contributed by atoms with Crippen molar-refractivity contribution in [1.82, 2.24) is 4.90 Å². The highest BCUT2D eigenvalue weighted by Crippen LogP contribution is 2.49. The standard InChI is InChI=1S/C17H23ClN2O/c1-11(19)16-7-2-3-8-20(16)17(21)15-10-14(15)12-5-4-6-13(18)9-12/h4-6,9,11,14-16H,2-3,7-8,10,19H2,1H3/t11-,14-,15-,16-/m0/s1. The Morgan fingerprint density at radius 3 is 2.95 bits per heavy atom. The monoisotopic (exact) mass is 306 g/mol. The van der Waals surface area contributed by atoms with E-state index >= 15 is 0 Å². The summed E-state index contributed by atoms with van der Waals surface area (Å²) >= 11 is 6.05. The van der Waals surface area contributed by atoms with E-state index in [1.165, 1.54) is 12.0 Å². The van der Waals surface area contributed by atoms with Crippen molar-refractivity contribution in [3.8, 4) is 0 Å². The second-order valence-electron chi connectivity index (χ2n) is 6.46. The van der Waals surface area contributed by atoms with Crippen molar-refractivity contribution < 1.29 is 4.79 Å². The predicted molar refractivity (Wildman–Crippen MR) is 85.3 cm³/mol. The molecule has 1 aliphatic heterocycles. The molecule has 0 spiro atoms. The summed E-state index contributed by atoms with van der Waals surface area (Å²) in [6.45, 7) is 2.88. The highest BCUT2D eigenvalue weighted by molar-refractivity contribution is 6.30. The molecule has 2 fully saturated rings. The van der Waals surface area contributed by atoms with Gasteiger partial charge in [0.25, 0.3) is 0 Å². The molecule has 1 saturated carbocycles. The van der Waals surface area contributed by atoms with E-state index in [9.17, 15) is 4.79 Å². The Balaban J connectivity index is 1.69. The summed E-state index contributed by atoms with van der Waals surface area (Å²) in [6.07, 6.45) is 4.27. The van der Waals surface area contributed by atoms with Crippen molar-refractivity contribution in [2.45, 2.75) is 50.6 Å². The number of likely N-dealkylation sites (tertiary alicyclic amines) is 1. The molecule has 1 saturated heterocycles. The van der Waals surface area contributed by atoms with Gasteiger partial charge in [0.2, 0.25) is 5.91 Å². The SMILES string of the molecule is C[C@H](N)[C@@H]1CCCCN1C(=O)[C@H]1C[C@H]1c1cccc(Cl)c1. The van der Waals surface area contributed by atoms with Crippen LogP contribution in [0.15, 0.2) is 24.3 Å². The van der Waals surface area contributed by atoms with Gasteiger partial charge in [-0.25, -0.2) is 0 Å². The molecule has 0 radical (unpaired) electrons. The van der Waals surface area contributed by atoms with Gasteiger partial charge in [-0.3, -0.25) is 4.79 Å². The first-order chi connectivity index (χ1) is 10.1. The van der Waals surface area contributed by atoms with Gasteiger partial charge in [-0.2, -0.15) is 0 Å². The van der Waals surface area contributed by atoms with Crippen LogP contribution >= 0.6 is 11.6 Å². The van der Waals surface area contributed by atoms with Crippen LogP contribution in [0.5, 0.6) is 0 Å². The molecule has 1 heterocycles. The molecule has 4 atom stereocenters. The third-order valence-corrected chi connectivity index (χ3v) is 5.06. The molecule has 3 nitrogen and oxygen atoms in total. The van der Waals surface area contributed by atoms with Crippen LogP contribution < -0.4 is 5.73 Å². The van der Waals surface area contributed by atoms with Gasteiger partial charge < -0.3 is 10.6 Å². The molecule has 0 aromatic heterocycles. The summed E-state index contributed by atoms with van der Waals surface area (Å²) in [5.74, 6) is 0.761. The van der Waals surface area contributed by atoms with Gasteiger partial charge in [0.15, 0.2) is 0 Å². The zero-order valence-electron chi connectivity index (χ0n) is 12.5. The van der Waals surface area contributed by atoms with E-state index in [0.717, 1.165) is 30.8 Å². The van der Waals surface area contributed by atoms with Gasteiger partial charge in [-0.15, -0.1) is 0 Å². The average Bonchev–Trinajstić information content (AvgIpc) is 3.27. The van der Waals surface area contributed by atoms with Crippen molar-refractivity contribution in [3.63, 3.8) is 0 Å². The van der Waals surface area contributed by atoms with Crippen molar-refractivity contribution >= 4 is 17.5 Å². The highest BCUT2D eigenvalue weighted by Gasteiger charge is 2.47. The molecule has 1 aliphatic carbocycles. The molecule has 0 unspecified atom stereocenters. The van der Waals surface area contributed by atoms with Crippen molar-refractivity contribution in [3.05, 3.63) is 34.9 Å². The number of halogens is 1. The number of benzene rings is 1. The molecule has 1 aromatic rings. The second-order valence-corrected chi connectivity index (χ2v) is 6.89. The van der Waals surface area contributed by atoms with Gasteiger partial charge in [-0.1, -0.05) is 23.7 Å². The minimum atomic E-state index is 0.0534. The third kappa shape index (κ3) is 3.09. The van der Waals surface area contributed by atoms with Crippen LogP contribution in [-0.2, 0) is 4.79 Å². The number of hydrogen-bond donors (Lipinski definition) is 1. The maximum atomic E-state index is 12.8. The Bertz CT molecular complexity index is 531. The topological polar surface area (TPSA) is 46.3 Å². The van der Waals surface area contributed by atoms with Crippen molar-refractivity contribution in [1.29, 1.82) is 0 Å². The molecule has 21 heavy (non-hydrogen) atoms. The molecule has 1 amide bonds. The number of nitrogens with zero attached hydrogens (tertiary/aromatic N) is 1. The van der Waals surface area contributed by atoms with Gasteiger partial charge in [0, 0.05) is 29.6 Å². The predicted octanol–water partition coefficient (Wildman–Crippen LogP) is 3.17. The number of carbonyl (C=O) groups is 1. The maximum absolute atomic E-state index is 12.8. The van der Waals surface area contributed by atoms with Crippen molar-refractivity contribution in [2.24, 2.45) is 11.7 Å². The van der Waals surface area contributed by atoms with Crippen LogP contribution in [0.25, 0.3) is 0 Å². The van der Waals surface area contributed by atoms with E-state index in [2.05, 4.69) is 6.07 Å². The summed E-state index contributed by atoms with van der Waals surface area (Å²) < 4.78 is 0. The maximum Gasteiger partial charge on any atom is 0.226 e. The summed E-state index contributed by atoms with van der Waals surface area (Å²) in [5, 5.41) is 0.747. The summed E-state index contributed by atoms with van der Waals surface area (Å²) in [4.78, 5) is 14.8. The molecule has 3 rings (SSSR count). The number of amides is 1. The fraction of sp³-hybridized carbons (Fsp3) is 0.588. The molecule has 2 aliphatic rings. The lowest BCUT2D eigenvalue weighted by atomic mass is 9.96. The quantitative estimate of drug-likeness (QED) is 0.932. The Hall–Kier alpha value is -1.06. The summed E-state index contributed by atoms with van der Waals surface area (Å²) in [6, 6.07) is 8.16.